The fourth-order valence-corrected chi connectivity index (χ4v) is 3.41. The number of hydrogen-bond donors (Lipinski definition) is 3. The van der Waals surface area contributed by atoms with Crippen LogP contribution in [0.1, 0.15) is 39.9 Å². The van der Waals surface area contributed by atoms with Crippen molar-refractivity contribution in [2.45, 2.75) is 38.5 Å². The molecule has 2 rings (SSSR count). The number of alkyl halides is 6. The molecule has 2 amide bonds. The number of carbonyl (C=O) groups excluding carboxylic acids is 1. The van der Waals surface area contributed by atoms with Gasteiger partial charge in [-0.1, -0.05) is 25.1 Å². The molecule has 180 valence electrons. The Kier molecular flexibility index (Phi) is 7.50. The second-order valence-electron chi connectivity index (χ2n) is 7.01. The highest BCUT2D eigenvalue weighted by Crippen LogP contribution is 2.47. The van der Waals surface area contributed by atoms with E-state index in [0.717, 1.165) is 12.1 Å². The highest BCUT2D eigenvalue weighted by atomic mass is 19.4. The van der Waals surface area contributed by atoms with E-state index in [9.17, 15) is 35.9 Å². The van der Waals surface area contributed by atoms with Gasteiger partial charge in [-0.3, -0.25) is 10.1 Å². The van der Waals surface area contributed by atoms with Crippen molar-refractivity contribution in [2.24, 2.45) is 0 Å². The Morgan fingerprint density at radius 3 is 2.15 bits per heavy atom. The molecule has 0 atom stereocenters. The molecule has 12 heteroatoms. The van der Waals surface area contributed by atoms with Crippen LogP contribution in [0.5, 0.6) is 5.75 Å². The lowest BCUT2D eigenvalue weighted by Crippen LogP contribution is -2.34. The predicted octanol–water partition coefficient (Wildman–Crippen LogP) is 6.12. The Hall–Kier alpha value is -3.44. The molecule has 0 aliphatic heterocycles. The number of methoxy groups -OCH3 is 1. The number of carbonyl (C=O) groups is 2. The summed E-state index contributed by atoms with van der Waals surface area (Å²) in [4.78, 5) is 23.8. The summed E-state index contributed by atoms with van der Waals surface area (Å²) in [6.45, 7) is 2.80. The Morgan fingerprint density at radius 1 is 1.06 bits per heavy atom. The highest BCUT2D eigenvalue weighted by molar-refractivity contribution is 6.08. The number of hydrogen-bond acceptors (Lipinski definition) is 3. The lowest BCUT2D eigenvalue weighted by molar-refractivity contribution is -0.253. The smallest absolute Gasteiger partial charge is 0.409 e. The molecule has 2 aromatic rings. The summed E-state index contributed by atoms with van der Waals surface area (Å²) in [5.74, 6) is -4.58. The normalized spacial score (nSPS) is 11.9. The van der Waals surface area contributed by atoms with E-state index in [4.69, 9.17) is 9.84 Å². The summed E-state index contributed by atoms with van der Waals surface area (Å²) >= 11 is 0. The Labute approximate surface area is 184 Å². The molecular formula is C21H20F6N2O4. The van der Waals surface area contributed by atoms with Crippen LogP contribution in [0.15, 0.2) is 30.3 Å². The van der Waals surface area contributed by atoms with Crippen molar-refractivity contribution in [2.75, 3.05) is 17.7 Å². The molecule has 2 aromatic carbocycles. The first-order valence-electron chi connectivity index (χ1n) is 9.45. The molecule has 0 spiro atoms. The Morgan fingerprint density at radius 2 is 1.67 bits per heavy atom. The number of halogens is 6. The van der Waals surface area contributed by atoms with Gasteiger partial charge in [0.25, 0.3) is 5.91 Å². The number of rotatable bonds is 6. The first kappa shape index (κ1) is 25.8. The molecule has 0 unspecified atom stereocenters. The van der Waals surface area contributed by atoms with E-state index in [-0.39, 0.29) is 40.2 Å². The maximum absolute atomic E-state index is 13.2. The lowest BCUT2D eigenvalue weighted by atomic mass is 9.92. The monoisotopic (exact) mass is 478 g/mol. The quantitative estimate of drug-likeness (QED) is 0.437. The van der Waals surface area contributed by atoms with Crippen LogP contribution in [0.2, 0.25) is 0 Å². The van der Waals surface area contributed by atoms with Crippen LogP contribution in [-0.2, 0) is 6.42 Å². The molecule has 0 radical (unpaired) electrons. The van der Waals surface area contributed by atoms with Gasteiger partial charge in [0.05, 0.1) is 18.4 Å². The molecule has 0 saturated heterocycles. The maximum Gasteiger partial charge on any atom is 0.409 e. The number of carboxylic acid groups (broad SMARTS) is 1. The van der Waals surface area contributed by atoms with Crippen LogP contribution in [0.25, 0.3) is 0 Å². The van der Waals surface area contributed by atoms with Crippen LogP contribution >= 0.6 is 0 Å². The first-order valence-corrected chi connectivity index (χ1v) is 9.45. The number of para-hydroxylation sites is 1. The second-order valence-corrected chi connectivity index (χ2v) is 7.01. The number of anilines is 2. The predicted molar refractivity (Wildman–Crippen MR) is 108 cm³/mol. The van der Waals surface area contributed by atoms with Crippen molar-refractivity contribution in [3.05, 3.63) is 52.6 Å². The van der Waals surface area contributed by atoms with Gasteiger partial charge < -0.3 is 15.2 Å². The third-order valence-corrected chi connectivity index (χ3v) is 4.75. The van der Waals surface area contributed by atoms with Gasteiger partial charge in [0.2, 0.25) is 0 Å². The largest absolute Gasteiger partial charge is 0.494 e. The number of nitrogens with one attached hydrogen (secondary N) is 2. The zero-order valence-electron chi connectivity index (χ0n) is 17.6. The lowest BCUT2D eigenvalue weighted by Gasteiger charge is -2.25. The van der Waals surface area contributed by atoms with E-state index in [1.165, 1.54) is 39.2 Å². The standard InChI is InChI=1S/C21H20F6N2O4/c1-4-11-9-12(17(20(22,23)24)21(25,26)27)8-10(2)15(11)29-18(30)13-6-5-7-14(16(13)33-3)28-19(31)32/h5-9,17,28H,4H2,1-3H3,(H,29,30)(H,31,32). The summed E-state index contributed by atoms with van der Waals surface area (Å²) in [6.07, 6.45) is -12.5. The highest BCUT2D eigenvalue weighted by Gasteiger charge is 2.57. The number of amides is 2. The van der Waals surface area contributed by atoms with Crippen LogP contribution in [-0.4, -0.2) is 36.6 Å². The van der Waals surface area contributed by atoms with Gasteiger partial charge in [-0.2, -0.15) is 26.3 Å². The molecule has 0 fully saturated rings. The van der Waals surface area contributed by atoms with Crippen molar-refractivity contribution in [3.8, 4) is 5.75 Å². The van der Waals surface area contributed by atoms with Crippen LogP contribution in [0, 0.1) is 6.92 Å². The average Bonchev–Trinajstić information content (AvgIpc) is 2.66. The van der Waals surface area contributed by atoms with Crippen LogP contribution in [0.3, 0.4) is 0 Å². The summed E-state index contributed by atoms with van der Waals surface area (Å²) in [5, 5.41) is 13.5. The number of ether oxygens (including phenoxy) is 1. The molecule has 0 aliphatic carbocycles. The van der Waals surface area contributed by atoms with Crippen LogP contribution in [0.4, 0.5) is 42.5 Å². The van der Waals surface area contributed by atoms with Gasteiger partial charge in [0, 0.05) is 5.69 Å². The zero-order valence-corrected chi connectivity index (χ0v) is 17.6. The summed E-state index contributed by atoms with van der Waals surface area (Å²) in [7, 11) is 1.20. The maximum atomic E-state index is 13.2. The summed E-state index contributed by atoms with van der Waals surface area (Å²) in [5.41, 5.74) is -0.998. The second kappa shape index (κ2) is 9.59. The number of aryl methyl sites for hydroxylation is 2. The minimum atomic E-state index is -5.55. The Bertz CT molecular complexity index is 1040. The van der Waals surface area contributed by atoms with E-state index in [1.807, 2.05) is 0 Å². The van der Waals surface area contributed by atoms with Crippen molar-refractivity contribution in [1.29, 1.82) is 0 Å². The first-order chi connectivity index (χ1) is 15.2. The minimum absolute atomic E-state index is 0.00465. The molecule has 6 nitrogen and oxygen atoms in total. The van der Waals surface area contributed by atoms with Gasteiger partial charge in [-0.15, -0.1) is 0 Å². The molecule has 0 bridgehead atoms. The Balaban J connectivity index is 2.51. The summed E-state index contributed by atoms with van der Waals surface area (Å²) in [6, 6.07) is 5.54. The van der Waals surface area contributed by atoms with E-state index in [1.54, 1.807) is 0 Å². The van der Waals surface area contributed by atoms with Crippen molar-refractivity contribution >= 4 is 23.4 Å². The molecule has 3 N–H and O–H groups in total. The third-order valence-electron chi connectivity index (χ3n) is 4.75. The molecule has 0 saturated carbocycles. The molecule has 0 heterocycles. The van der Waals surface area contributed by atoms with Crippen molar-refractivity contribution in [1.82, 2.24) is 0 Å². The van der Waals surface area contributed by atoms with E-state index in [0.29, 0.717) is 0 Å². The van der Waals surface area contributed by atoms with Gasteiger partial charge in [0.15, 0.2) is 11.7 Å². The molecule has 33 heavy (non-hydrogen) atoms. The topological polar surface area (TPSA) is 87.7 Å². The van der Waals surface area contributed by atoms with E-state index in [2.05, 4.69) is 10.6 Å². The van der Waals surface area contributed by atoms with Gasteiger partial charge in [-0.25, -0.2) is 4.79 Å². The third kappa shape index (κ3) is 5.88. The van der Waals surface area contributed by atoms with Gasteiger partial charge in [-0.05, 0) is 42.2 Å². The van der Waals surface area contributed by atoms with Gasteiger partial charge in [0.1, 0.15) is 0 Å². The number of benzene rings is 2. The minimum Gasteiger partial charge on any atom is -0.494 e. The average molecular weight is 478 g/mol. The van der Waals surface area contributed by atoms with Crippen molar-refractivity contribution < 1.29 is 45.8 Å². The zero-order chi connectivity index (χ0) is 25.1. The summed E-state index contributed by atoms with van der Waals surface area (Å²) < 4.78 is 84.1. The van der Waals surface area contributed by atoms with E-state index >= 15 is 0 Å². The molecule has 0 aliphatic rings. The fraction of sp³-hybridized carbons (Fsp3) is 0.333. The van der Waals surface area contributed by atoms with E-state index < -0.39 is 35.8 Å². The van der Waals surface area contributed by atoms with Crippen LogP contribution < -0.4 is 15.4 Å². The van der Waals surface area contributed by atoms with Crippen molar-refractivity contribution in [3.63, 3.8) is 0 Å². The fourth-order valence-electron chi connectivity index (χ4n) is 3.41. The molecular weight excluding hydrogens is 458 g/mol. The van der Waals surface area contributed by atoms with Gasteiger partial charge >= 0.3 is 18.4 Å². The molecule has 0 aromatic heterocycles. The SMILES string of the molecule is CCc1cc(C(C(F)(F)F)C(F)(F)F)cc(C)c1NC(=O)c1cccc(NC(=O)O)c1OC.